The standard InChI is InChI=1S/C24H19NO2SSi/c26-25(27)19-18-20-16-17-24(28-20)29(21-10-4-1-5-11-21,22-12-6-2-7-13-22)23-14-8-3-9-15-23/h1-19H/b19-18+. The largest absolute Gasteiger partial charge is 0.259 e. The van der Waals surface area contributed by atoms with Gasteiger partial charge in [-0.05, 0) is 21.6 Å². The second-order valence-corrected chi connectivity index (χ2v) is 11.9. The Labute approximate surface area is 174 Å². The van der Waals surface area contributed by atoms with Crippen LogP contribution in [0.3, 0.4) is 0 Å². The van der Waals surface area contributed by atoms with Crippen molar-refractivity contribution in [3.05, 3.63) is 124 Å². The van der Waals surface area contributed by atoms with Crippen molar-refractivity contribution in [2.24, 2.45) is 0 Å². The molecule has 4 aromatic rings. The third-order valence-electron chi connectivity index (χ3n) is 4.98. The van der Waals surface area contributed by atoms with Gasteiger partial charge >= 0.3 is 0 Å². The summed E-state index contributed by atoms with van der Waals surface area (Å²) in [5.41, 5.74) is 0. The lowest BCUT2D eigenvalue weighted by molar-refractivity contribution is -0.400. The fourth-order valence-corrected chi connectivity index (χ4v) is 10.7. The average Bonchev–Trinajstić information content (AvgIpc) is 3.24. The Bertz CT molecular complexity index is 1030. The Morgan fingerprint density at radius 1 is 0.690 bits per heavy atom. The van der Waals surface area contributed by atoms with E-state index >= 15 is 0 Å². The number of hydrogen-bond donors (Lipinski definition) is 0. The highest BCUT2D eigenvalue weighted by atomic mass is 32.1. The van der Waals surface area contributed by atoms with Crippen LogP contribution >= 0.6 is 11.3 Å². The van der Waals surface area contributed by atoms with Gasteiger partial charge in [-0.25, -0.2) is 0 Å². The third-order valence-corrected chi connectivity index (χ3v) is 11.6. The van der Waals surface area contributed by atoms with E-state index in [1.54, 1.807) is 17.4 Å². The fourth-order valence-electron chi connectivity index (χ4n) is 3.77. The van der Waals surface area contributed by atoms with Crippen molar-refractivity contribution in [1.29, 1.82) is 0 Å². The fraction of sp³-hybridized carbons (Fsp3) is 0. The molecule has 0 radical (unpaired) electrons. The summed E-state index contributed by atoms with van der Waals surface area (Å²) in [5, 5.41) is 14.7. The zero-order valence-corrected chi connectivity index (χ0v) is 17.5. The Balaban J connectivity index is 2.02. The maximum atomic E-state index is 10.8. The summed E-state index contributed by atoms with van der Waals surface area (Å²) in [6.45, 7) is 0. The molecule has 0 N–H and O–H groups in total. The number of thiophene rings is 1. The van der Waals surface area contributed by atoms with Crippen LogP contribution in [0.5, 0.6) is 0 Å². The minimum Gasteiger partial charge on any atom is -0.259 e. The van der Waals surface area contributed by atoms with Gasteiger partial charge in [-0.15, -0.1) is 11.3 Å². The minimum atomic E-state index is -2.52. The van der Waals surface area contributed by atoms with Crippen molar-refractivity contribution in [1.82, 2.24) is 0 Å². The van der Waals surface area contributed by atoms with E-state index in [2.05, 4.69) is 78.9 Å². The number of hydrogen-bond acceptors (Lipinski definition) is 3. The normalized spacial score (nSPS) is 11.6. The first-order chi connectivity index (χ1) is 14.2. The quantitative estimate of drug-likeness (QED) is 0.211. The molecule has 0 saturated carbocycles. The molecule has 3 nitrogen and oxygen atoms in total. The summed E-state index contributed by atoms with van der Waals surface area (Å²) >= 11 is 1.64. The van der Waals surface area contributed by atoms with Gasteiger partial charge in [-0.1, -0.05) is 97.1 Å². The molecule has 3 aromatic carbocycles. The van der Waals surface area contributed by atoms with Crippen molar-refractivity contribution >= 4 is 45.5 Å². The van der Waals surface area contributed by atoms with Crippen molar-refractivity contribution in [3.63, 3.8) is 0 Å². The Morgan fingerprint density at radius 2 is 1.14 bits per heavy atom. The van der Waals surface area contributed by atoms with Crippen LogP contribution in [0.15, 0.2) is 109 Å². The Hall–Kier alpha value is -3.28. The predicted molar refractivity (Wildman–Crippen MR) is 124 cm³/mol. The molecule has 0 bridgehead atoms. The molecule has 0 atom stereocenters. The number of nitrogens with zero attached hydrogens (tertiary/aromatic N) is 1. The van der Waals surface area contributed by atoms with E-state index in [0.29, 0.717) is 0 Å². The van der Waals surface area contributed by atoms with Crippen LogP contribution in [-0.4, -0.2) is 13.0 Å². The molecular weight excluding hydrogens is 394 g/mol. The molecule has 5 heteroatoms. The van der Waals surface area contributed by atoms with Crippen LogP contribution in [0, 0.1) is 10.1 Å². The first kappa shape index (κ1) is 19.1. The molecule has 4 rings (SSSR count). The maximum Gasteiger partial charge on any atom is 0.235 e. The highest BCUT2D eigenvalue weighted by Gasteiger charge is 2.42. The first-order valence-electron chi connectivity index (χ1n) is 9.30. The van der Waals surface area contributed by atoms with Gasteiger partial charge in [-0.2, -0.15) is 0 Å². The molecule has 0 aliphatic rings. The molecule has 0 unspecified atom stereocenters. The third kappa shape index (κ3) is 3.70. The lowest BCUT2D eigenvalue weighted by atomic mass is 10.3. The molecule has 29 heavy (non-hydrogen) atoms. The van der Waals surface area contributed by atoms with E-state index in [9.17, 15) is 10.1 Å². The highest BCUT2D eigenvalue weighted by molar-refractivity contribution is 7.36. The number of benzene rings is 3. The van der Waals surface area contributed by atoms with E-state index in [0.717, 1.165) is 11.1 Å². The van der Waals surface area contributed by atoms with Gasteiger partial charge in [0.25, 0.3) is 0 Å². The van der Waals surface area contributed by atoms with E-state index < -0.39 is 13.0 Å². The lowest BCUT2D eigenvalue weighted by Crippen LogP contribution is -2.74. The monoisotopic (exact) mass is 413 g/mol. The number of rotatable bonds is 6. The summed E-state index contributed by atoms with van der Waals surface area (Å²) in [5.74, 6) is 0. The van der Waals surface area contributed by atoms with Crippen molar-refractivity contribution in [2.45, 2.75) is 0 Å². The van der Waals surface area contributed by atoms with Gasteiger partial charge in [0.1, 0.15) is 0 Å². The van der Waals surface area contributed by atoms with Gasteiger partial charge < -0.3 is 0 Å². The molecule has 1 aromatic heterocycles. The zero-order chi connectivity index (χ0) is 20.1. The molecule has 0 aliphatic carbocycles. The van der Waals surface area contributed by atoms with Crippen LogP contribution < -0.4 is 20.1 Å². The molecule has 0 saturated heterocycles. The summed E-state index contributed by atoms with van der Waals surface area (Å²) in [4.78, 5) is 11.2. The van der Waals surface area contributed by atoms with Gasteiger partial charge in [0.15, 0.2) is 8.07 Å². The lowest BCUT2D eigenvalue weighted by Gasteiger charge is -2.32. The molecule has 0 spiro atoms. The summed E-state index contributed by atoms with van der Waals surface area (Å²) in [6.07, 6.45) is 2.58. The smallest absolute Gasteiger partial charge is 0.235 e. The maximum absolute atomic E-state index is 10.8. The summed E-state index contributed by atoms with van der Waals surface area (Å²) in [6, 6.07) is 36.0. The van der Waals surface area contributed by atoms with E-state index in [-0.39, 0.29) is 0 Å². The van der Waals surface area contributed by atoms with Crippen LogP contribution in [0.2, 0.25) is 0 Å². The Morgan fingerprint density at radius 3 is 1.55 bits per heavy atom. The molecule has 0 amide bonds. The minimum absolute atomic E-state index is 0.421. The van der Waals surface area contributed by atoms with Crippen LogP contribution in [-0.2, 0) is 0 Å². The zero-order valence-electron chi connectivity index (χ0n) is 15.6. The molecule has 0 fully saturated rings. The van der Waals surface area contributed by atoms with Crippen LogP contribution in [0.1, 0.15) is 4.88 Å². The van der Waals surface area contributed by atoms with Crippen LogP contribution in [0.25, 0.3) is 6.08 Å². The van der Waals surface area contributed by atoms with Gasteiger partial charge in [0.2, 0.25) is 6.20 Å². The first-order valence-corrected chi connectivity index (χ1v) is 12.1. The van der Waals surface area contributed by atoms with Gasteiger partial charge in [0.05, 0.1) is 4.92 Å². The Kier molecular flexibility index (Phi) is 5.51. The van der Waals surface area contributed by atoms with Gasteiger partial charge in [0, 0.05) is 15.5 Å². The summed E-state index contributed by atoms with van der Waals surface area (Å²) in [7, 11) is -2.52. The average molecular weight is 414 g/mol. The second kappa shape index (κ2) is 8.39. The van der Waals surface area contributed by atoms with Gasteiger partial charge in [-0.3, -0.25) is 10.1 Å². The predicted octanol–water partition coefficient (Wildman–Crippen LogP) is 3.37. The van der Waals surface area contributed by atoms with E-state index in [1.165, 1.54) is 20.1 Å². The molecule has 1 heterocycles. The summed E-state index contributed by atoms with van der Waals surface area (Å²) < 4.78 is 1.25. The number of nitro groups is 1. The molecular formula is C24H19NO2SSi. The van der Waals surface area contributed by atoms with E-state index in [1.807, 2.05) is 24.3 Å². The van der Waals surface area contributed by atoms with Crippen molar-refractivity contribution < 1.29 is 4.92 Å². The molecule has 0 aliphatic heterocycles. The highest BCUT2D eigenvalue weighted by Crippen LogP contribution is 2.17. The topological polar surface area (TPSA) is 43.1 Å². The second-order valence-electron chi connectivity index (χ2n) is 6.65. The SMILES string of the molecule is O=[N+]([O-])/C=C/c1ccc([Si](c2ccccc2)(c2ccccc2)c2ccccc2)s1. The van der Waals surface area contributed by atoms with Crippen molar-refractivity contribution in [2.75, 3.05) is 0 Å². The van der Waals surface area contributed by atoms with E-state index in [4.69, 9.17) is 0 Å². The van der Waals surface area contributed by atoms with Crippen molar-refractivity contribution in [3.8, 4) is 0 Å². The van der Waals surface area contributed by atoms with Crippen LogP contribution in [0.4, 0.5) is 0 Å². The molecule has 142 valence electrons.